The quantitative estimate of drug-likeness (QED) is 0.394. The second-order valence-electron chi connectivity index (χ2n) is 7.70. The molecule has 1 aromatic heterocycles. The van der Waals surface area contributed by atoms with E-state index >= 15 is 0 Å². The monoisotopic (exact) mass is 434 g/mol. The summed E-state index contributed by atoms with van der Waals surface area (Å²) in [6, 6.07) is 15.0. The maximum atomic E-state index is 12.5. The van der Waals surface area contributed by atoms with Crippen LogP contribution in [0, 0.1) is 27.7 Å². The fourth-order valence-electron chi connectivity index (χ4n) is 3.24. The molecule has 0 saturated heterocycles. The van der Waals surface area contributed by atoms with Crippen LogP contribution >= 0.6 is 11.6 Å². The Morgan fingerprint density at radius 3 is 2.52 bits per heavy atom. The lowest BCUT2D eigenvalue weighted by atomic mass is 10.1. The molecule has 31 heavy (non-hydrogen) atoms. The lowest BCUT2D eigenvalue weighted by molar-refractivity contribution is -0.118. The van der Waals surface area contributed by atoms with Gasteiger partial charge in [0, 0.05) is 16.3 Å². The van der Waals surface area contributed by atoms with Gasteiger partial charge in [-0.25, -0.2) is 4.98 Å². The third kappa shape index (κ3) is 4.57. The van der Waals surface area contributed by atoms with Gasteiger partial charge < -0.3 is 14.5 Å². The highest BCUT2D eigenvalue weighted by Gasteiger charge is 2.13. The number of halogens is 1. The molecule has 6 heteroatoms. The van der Waals surface area contributed by atoms with Crippen LogP contribution in [-0.2, 0) is 4.79 Å². The maximum absolute atomic E-state index is 12.5. The number of carbonyl (C=O) groups is 1. The number of hydrogen-bond acceptors (Lipinski definition) is 4. The molecule has 0 atom stereocenters. The van der Waals surface area contributed by atoms with Gasteiger partial charge in [-0.3, -0.25) is 4.79 Å². The van der Waals surface area contributed by atoms with Gasteiger partial charge in [0.05, 0.1) is 0 Å². The number of carbonyl (C=O) groups excluding carboxylic acids is 1. The fraction of sp³-hybridized carbons (Fsp3) is 0.200. The summed E-state index contributed by atoms with van der Waals surface area (Å²) in [6.07, 6.45) is 0. The number of benzene rings is 3. The number of ether oxygens (including phenoxy) is 1. The molecule has 0 radical (unpaired) electrons. The molecular weight excluding hydrogens is 412 g/mol. The first kappa shape index (κ1) is 20.9. The smallest absolute Gasteiger partial charge is 0.262 e. The minimum atomic E-state index is -0.253. The largest absolute Gasteiger partial charge is 0.484 e. The first-order chi connectivity index (χ1) is 14.8. The van der Waals surface area contributed by atoms with Gasteiger partial charge in [0.25, 0.3) is 5.91 Å². The lowest BCUT2D eigenvalue weighted by Crippen LogP contribution is -2.20. The Kier molecular flexibility index (Phi) is 5.70. The van der Waals surface area contributed by atoms with Crippen LogP contribution in [0.25, 0.3) is 22.6 Å². The summed E-state index contributed by atoms with van der Waals surface area (Å²) >= 11 is 6.03. The second-order valence-corrected chi connectivity index (χ2v) is 8.11. The van der Waals surface area contributed by atoms with E-state index in [1.54, 1.807) is 18.2 Å². The summed E-state index contributed by atoms with van der Waals surface area (Å²) in [5.74, 6) is 0.861. The van der Waals surface area contributed by atoms with Gasteiger partial charge in [0.15, 0.2) is 12.2 Å². The Bertz CT molecular complexity index is 1250. The maximum Gasteiger partial charge on any atom is 0.262 e. The van der Waals surface area contributed by atoms with Crippen molar-refractivity contribution in [2.24, 2.45) is 0 Å². The molecule has 0 fully saturated rings. The highest BCUT2D eigenvalue weighted by molar-refractivity contribution is 6.31. The number of hydrogen-bond donors (Lipinski definition) is 1. The van der Waals surface area contributed by atoms with Crippen molar-refractivity contribution in [3.05, 3.63) is 75.8 Å². The van der Waals surface area contributed by atoms with Gasteiger partial charge in [-0.2, -0.15) is 0 Å². The summed E-state index contributed by atoms with van der Waals surface area (Å²) in [7, 11) is 0. The van der Waals surface area contributed by atoms with Crippen molar-refractivity contribution >= 4 is 34.3 Å². The topological polar surface area (TPSA) is 64.4 Å². The number of amides is 1. The molecule has 4 rings (SSSR count). The van der Waals surface area contributed by atoms with E-state index in [9.17, 15) is 4.79 Å². The number of rotatable bonds is 5. The Hall–Kier alpha value is -3.31. The van der Waals surface area contributed by atoms with Crippen molar-refractivity contribution in [2.75, 3.05) is 11.9 Å². The number of fused-ring (bicyclic) bond motifs is 1. The van der Waals surface area contributed by atoms with E-state index in [1.165, 1.54) is 5.56 Å². The highest BCUT2D eigenvalue weighted by Crippen LogP contribution is 2.29. The van der Waals surface area contributed by atoms with Crippen molar-refractivity contribution in [3.8, 4) is 17.2 Å². The Morgan fingerprint density at radius 1 is 0.968 bits per heavy atom. The number of nitrogens with zero attached hydrogens (tertiary/aromatic N) is 1. The number of oxazole rings is 1. The van der Waals surface area contributed by atoms with E-state index in [2.05, 4.69) is 17.2 Å². The third-order valence-corrected chi connectivity index (χ3v) is 5.69. The van der Waals surface area contributed by atoms with Crippen molar-refractivity contribution in [2.45, 2.75) is 27.7 Å². The minimum Gasteiger partial charge on any atom is -0.484 e. The summed E-state index contributed by atoms with van der Waals surface area (Å²) < 4.78 is 11.5. The predicted octanol–water partition coefficient (Wildman–Crippen LogP) is 6.40. The van der Waals surface area contributed by atoms with Gasteiger partial charge in [-0.1, -0.05) is 17.7 Å². The average molecular weight is 435 g/mol. The normalized spacial score (nSPS) is 11.0. The molecule has 1 N–H and O–H groups in total. The van der Waals surface area contributed by atoms with Crippen LogP contribution in [0.3, 0.4) is 0 Å². The summed E-state index contributed by atoms with van der Waals surface area (Å²) in [4.78, 5) is 17.1. The van der Waals surface area contributed by atoms with E-state index in [4.69, 9.17) is 20.8 Å². The molecule has 158 valence electrons. The van der Waals surface area contributed by atoms with Crippen molar-refractivity contribution in [3.63, 3.8) is 0 Å². The SMILES string of the molecule is Cc1cc2nc(-c3ccc(C)c(NC(=O)COc4ccc(Cl)c(C)c4)c3)oc2cc1C. The molecule has 1 heterocycles. The van der Waals surface area contributed by atoms with Gasteiger partial charge in [0.2, 0.25) is 5.89 Å². The molecule has 0 spiro atoms. The van der Waals surface area contributed by atoms with Gasteiger partial charge in [0.1, 0.15) is 11.3 Å². The number of anilines is 1. The molecule has 0 aliphatic heterocycles. The first-order valence-corrected chi connectivity index (χ1v) is 10.4. The molecule has 1 amide bonds. The van der Waals surface area contributed by atoms with Crippen LogP contribution in [0.4, 0.5) is 5.69 Å². The second kappa shape index (κ2) is 8.44. The van der Waals surface area contributed by atoms with E-state index in [-0.39, 0.29) is 12.5 Å². The molecule has 0 saturated carbocycles. The molecule has 0 aliphatic rings. The fourth-order valence-corrected chi connectivity index (χ4v) is 3.35. The number of nitrogens with one attached hydrogen (secondary N) is 1. The van der Waals surface area contributed by atoms with E-state index in [0.717, 1.165) is 33.4 Å². The summed E-state index contributed by atoms with van der Waals surface area (Å²) in [5, 5.41) is 3.57. The van der Waals surface area contributed by atoms with Gasteiger partial charge >= 0.3 is 0 Å². The molecule has 4 aromatic rings. The van der Waals surface area contributed by atoms with Crippen molar-refractivity contribution in [1.29, 1.82) is 0 Å². The van der Waals surface area contributed by atoms with Crippen molar-refractivity contribution < 1.29 is 13.9 Å². The van der Waals surface area contributed by atoms with Crippen LogP contribution in [0.5, 0.6) is 5.75 Å². The number of aryl methyl sites for hydroxylation is 4. The molecular formula is C25H23ClN2O3. The zero-order chi connectivity index (χ0) is 22.1. The van der Waals surface area contributed by atoms with Crippen LogP contribution < -0.4 is 10.1 Å². The third-order valence-electron chi connectivity index (χ3n) is 5.26. The average Bonchev–Trinajstić information content (AvgIpc) is 3.13. The molecule has 3 aromatic carbocycles. The van der Waals surface area contributed by atoms with Crippen LogP contribution in [0.15, 0.2) is 52.9 Å². The summed E-state index contributed by atoms with van der Waals surface area (Å²) in [5.41, 5.74) is 7.19. The lowest BCUT2D eigenvalue weighted by Gasteiger charge is -2.11. The molecule has 0 bridgehead atoms. The first-order valence-electron chi connectivity index (χ1n) is 9.98. The summed E-state index contributed by atoms with van der Waals surface area (Å²) in [6.45, 7) is 7.81. The Balaban J connectivity index is 1.51. The Morgan fingerprint density at radius 2 is 1.74 bits per heavy atom. The van der Waals surface area contributed by atoms with E-state index < -0.39 is 0 Å². The molecule has 0 unspecified atom stereocenters. The van der Waals surface area contributed by atoms with Gasteiger partial charge in [-0.15, -0.1) is 0 Å². The van der Waals surface area contributed by atoms with Crippen molar-refractivity contribution in [1.82, 2.24) is 4.98 Å². The predicted molar refractivity (Wildman–Crippen MR) is 124 cm³/mol. The van der Waals surface area contributed by atoms with Crippen LogP contribution in [0.2, 0.25) is 5.02 Å². The highest BCUT2D eigenvalue weighted by atomic mass is 35.5. The van der Waals surface area contributed by atoms with Crippen LogP contribution in [-0.4, -0.2) is 17.5 Å². The zero-order valence-corrected chi connectivity index (χ0v) is 18.6. The molecule has 0 aliphatic carbocycles. The zero-order valence-electron chi connectivity index (χ0n) is 17.9. The Labute approximate surface area is 186 Å². The van der Waals surface area contributed by atoms with Crippen LogP contribution in [0.1, 0.15) is 22.3 Å². The molecule has 5 nitrogen and oxygen atoms in total. The number of aromatic nitrogens is 1. The van der Waals surface area contributed by atoms with E-state index in [1.807, 2.05) is 51.1 Å². The van der Waals surface area contributed by atoms with Gasteiger partial charge in [-0.05, 0) is 92.4 Å². The minimum absolute atomic E-state index is 0.105. The van der Waals surface area contributed by atoms with E-state index in [0.29, 0.717) is 22.4 Å². The standard InChI is InChI=1S/C25H23ClN2O3/c1-14-5-6-18(25-28-22-10-15(2)16(3)11-23(22)31-25)12-21(14)27-24(29)13-30-19-7-8-20(26)17(4)9-19/h5-12H,13H2,1-4H3,(H,27,29).